The third-order valence-corrected chi connectivity index (χ3v) is 3.99. The Morgan fingerprint density at radius 2 is 2.17 bits per heavy atom. The number of nitro groups is 1. The molecule has 1 atom stereocenters. The van der Waals surface area contributed by atoms with Crippen molar-refractivity contribution in [3.63, 3.8) is 0 Å². The summed E-state index contributed by atoms with van der Waals surface area (Å²) in [6.07, 6.45) is 2.70. The molecule has 0 radical (unpaired) electrons. The number of pyridine rings is 1. The first-order chi connectivity index (χ1) is 11.6. The van der Waals surface area contributed by atoms with Crippen molar-refractivity contribution in [2.45, 2.75) is 31.9 Å². The van der Waals surface area contributed by atoms with Crippen LogP contribution >= 0.6 is 0 Å². The summed E-state index contributed by atoms with van der Waals surface area (Å²) in [4.78, 5) is 26.4. The summed E-state index contributed by atoms with van der Waals surface area (Å²) in [5, 5.41) is 13.6. The van der Waals surface area contributed by atoms with Crippen LogP contribution in [0.4, 0.5) is 10.5 Å². The molecule has 3 rings (SSSR count). The summed E-state index contributed by atoms with van der Waals surface area (Å²) >= 11 is 0. The average Bonchev–Trinajstić information content (AvgIpc) is 2.60. The molecule has 0 aliphatic heterocycles. The highest BCUT2D eigenvalue weighted by Gasteiger charge is 2.23. The van der Waals surface area contributed by atoms with Crippen LogP contribution in [0.2, 0.25) is 0 Å². The predicted octanol–water partition coefficient (Wildman–Crippen LogP) is 2.77. The molecule has 0 saturated carbocycles. The topological polar surface area (TPSA) is 94.4 Å². The Labute approximate surface area is 138 Å². The first-order valence-corrected chi connectivity index (χ1v) is 7.71. The number of amides is 1. The Bertz CT molecular complexity index is 749. The van der Waals surface area contributed by atoms with E-state index in [0.29, 0.717) is 19.3 Å². The lowest BCUT2D eigenvalue weighted by atomic mass is 9.92. The van der Waals surface area contributed by atoms with Crippen LogP contribution < -0.4 is 5.32 Å². The van der Waals surface area contributed by atoms with Gasteiger partial charge < -0.3 is 10.1 Å². The maximum absolute atomic E-state index is 11.9. The molecule has 7 heteroatoms. The first kappa shape index (κ1) is 15.9. The summed E-state index contributed by atoms with van der Waals surface area (Å²) in [6, 6.07) is 10.9. The van der Waals surface area contributed by atoms with Gasteiger partial charge in [0.05, 0.1) is 4.92 Å². The zero-order chi connectivity index (χ0) is 16.9. The van der Waals surface area contributed by atoms with Gasteiger partial charge in [0.2, 0.25) is 0 Å². The van der Waals surface area contributed by atoms with E-state index >= 15 is 0 Å². The van der Waals surface area contributed by atoms with Crippen molar-refractivity contribution >= 4 is 11.8 Å². The number of ether oxygens (including phenoxy) is 1. The van der Waals surface area contributed by atoms with E-state index in [-0.39, 0.29) is 18.3 Å². The predicted molar refractivity (Wildman–Crippen MR) is 86.5 cm³/mol. The SMILES string of the molecule is O=C(NC1CCc2cc([N+](=O)[O-])cnc2C1)OCc1ccccc1. The molecule has 1 aromatic carbocycles. The molecular formula is C17H17N3O4. The van der Waals surface area contributed by atoms with E-state index in [1.54, 1.807) is 6.07 Å². The molecule has 1 heterocycles. The lowest BCUT2D eigenvalue weighted by Crippen LogP contribution is -2.39. The maximum atomic E-state index is 11.9. The summed E-state index contributed by atoms with van der Waals surface area (Å²) in [5.74, 6) is 0. The number of nitrogens with one attached hydrogen (secondary N) is 1. The van der Waals surface area contributed by atoms with Crippen LogP contribution in [0.1, 0.15) is 23.2 Å². The van der Waals surface area contributed by atoms with Gasteiger partial charge in [-0.25, -0.2) is 4.79 Å². The van der Waals surface area contributed by atoms with Crippen LogP contribution in [-0.4, -0.2) is 22.0 Å². The molecule has 124 valence electrons. The third-order valence-electron chi connectivity index (χ3n) is 3.99. The average molecular weight is 327 g/mol. The second-order valence-corrected chi connectivity index (χ2v) is 5.70. The van der Waals surface area contributed by atoms with Crippen molar-refractivity contribution < 1.29 is 14.5 Å². The second-order valence-electron chi connectivity index (χ2n) is 5.70. The Morgan fingerprint density at radius 3 is 2.92 bits per heavy atom. The number of alkyl carbamates (subject to hydrolysis) is 1. The molecule has 1 aliphatic rings. The fourth-order valence-corrected chi connectivity index (χ4v) is 2.75. The molecule has 0 saturated heterocycles. The van der Waals surface area contributed by atoms with E-state index in [9.17, 15) is 14.9 Å². The summed E-state index contributed by atoms with van der Waals surface area (Å²) in [6.45, 7) is 0.223. The van der Waals surface area contributed by atoms with Crippen LogP contribution in [0, 0.1) is 10.1 Å². The van der Waals surface area contributed by atoms with Crippen LogP contribution in [0.5, 0.6) is 0 Å². The van der Waals surface area contributed by atoms with Gasteiger partial charge in [-0.05, 0) is 24.0 Å². The smallest absolute Gasteiger partial charge is 0.407 e. The van der Waals surface area contributed by atoms with E-state index in [1.165, 1.54) is 6.20 Å². The van der Waals surface area contributed by atoms with Crippen molar-refractivity contribution in [2.75, 3.05) is 0 Å². The van der Waals surface area contributed by atoms with Crippen molar-refractivity contribution in [1.29, 1.82) is 0 Å². The Balaban J connectivity index is 1.54. The van der Waals surface area contributed by atoms with Gasteiger partial charge in [0.15, 0.2) is 0 Å². The lowest BCUT2D eigenvalue weighted by Gasteiger charge is -2.24. The van der Waals surface area contributed by atoms with Crippen molar-refractivity contribution in [2.24, 2.45) is 0 Å². The van der Waals surface area contributed by atoms with Crippen molar-refractivity contribution in [3.05, 3.63) is 69.5 Å². The Hall–Kier alpha value is -2.96. The number of rotatable bonds is 4. The van der Waals surface area contributed by atoms with Crippen LogP contribution in [0.3, 0.4) is 0 Å². The largest absolute Gasteiger partial charge is 0.445 e. The van der Waals surface area contributed by atoms with Gasteiger partial charge in [-0.2, -0.15) is 0 Å². The van der Waals surface area contributed by atoms with Gasteiger partial charge in [0, 0.05) is 24.2 Å². The Morgan fingerprint density at radius 1 is 1.38 bits per heavy atom. The molecule has 0 bridgehead atoms. The minimum atomic E-state index is -0.464. The quantitative estimate of drug-likeness (QED) is 0.688. The molecule has 1 aromatic heterocycles. The number of aryl methyl sites for hydroxylation is 1. The summed E-state index contributed by atoms with van der Waals surface area (Å²) in [7, 11) is 0. The van der Waals surface area contributed by atoms with E-state index in [4.69, 9.17) is 4.74 Å². The zero-order valence-electron chi connectivity index (χ0n) is 13.0. The second kappa shape index (κ2) is 7.08. The summed E-state index contributed by atoms with van der Waals surface area (Å²) < 4.78 is 5.21. The highest BCUT2D eigenvalue weighted by atomic mass is 16.6. The summed E-state index contributed by atoms with van der Waals surface area (Å²) in [5.41, 5.74) is 2.60. The number of aromatic nitrogens is 1. The number of hydrogen-bond donors (Lipinski definition) is 1. The van der Waals surface area contributed by atoms with E-state index in [1.807, 2.05) is 30.3 Å². The fraction of sp³-hybridized carbons (Fsp3) is 0.294. The normalized spacial score (nSPS) is 16.1. The number of nitrogens with zero attached hydrogens (tertiary/aromatic N) is 2. The van der Waals surface area contributed by atoms with Gasteiger partial charge in [-0.1, -0.05) is 30.3 Å². The van der Waals surface area contributed by atoms with Gasteiger partial charge in [-0.15, -0.1) is 0 Å². The molecule has 2 aromatic rings. The third kappa shape index (κ3) is 3.87. The van der Waals surface area contributed by atoms with E-state index in [2.05, 4.69) is 10.3 Å². The van der Waals surface area contributed by atoms with Crippen LogP contribution in [0.25, 0.3) is 0 Å². The minimum absolute atomic E-state index is 0.00225. The van der Waals surface area contributed by atoms with Crippen molar-refractivity contribution in [3.8, 4) is 0 Å². The van der Waals surface area contributed by atoms with Gasteiger partial charge in [0.25, 0.3) is 5.69 Å². The molecule has 1 aliphatic carbocycles. The van der Waals surface area contributed by atoms with E-state index in [0.717, 1.165) is 16.8 Å². The standard InChI is InChI=1S/C17H17N3O4/c21-17(24-11-12-4-2-1-3-5-12)19-14-7-6-13-8-15(20(22)23)10-18-16(13)9-14/h1-5,8,10,14H,6-7,9,11H2,(H,19,21). The van der Waals surface area contributed by atoms with Crippen LogP contribution in [-0.2, 0) is 24.2 Å². The number of hydrogen-bond acceptors (Lipinski definition) is 5. The number of carbonyl (C=O) groups excluding carboxylic acids is 1. The molecule has 1 amide bonds. The van der Waals surface area contributed by atoms with Gasteiger partial charge in [0.1, 0.15) is 12.8 Å². The first-order valence-electron chi connectivity index (χ1n) is 7.71. The molecule has 24 heavy (non-hydrogen) atoms. The molecule has 1 N–H and O–H groups in total. The van der Waals surface area contributed by atoms with Gasteiger partial charge >= 0.3 is 6.09 Å². The fourth-order valence-electron chi connectivity index (χ4n) is 2.75. The molecular weight excluding hydrogens is 310 g/mol. The minimum Gasteiger partial charge on any atom is -0.445 e. The highest BCUT2D eigenvalue weighted by Crippen LogP contribution is 2.23. The highest BCUT2D eigenvalue weighted by molar-refractivity contribution is 5.67. The van der Waals surface area contributed by atoms with Crippen LogP contribution in [0.15, 0.2) is 42.6 Å². The Kier molecular flexibility index (Phi) is 4.69. The maximum Gasteiger partial charge on any atom is 0.407 e. The molecule has 0 fully saturated rings. The van der Waals surface area contributed by atoms with E-state index < -0.39 is 11.0 Å². The number of fused-ring (bicyclic) bond motifs is 1. The number of carbonyl (C=O) groups is 1. The van der Waals surface area contributed by atoms with Crippen molar-refractivity contribution in [1.82, 2.24) is 10.3 Å². The zero-order valence-corrected chi connectivity index (χ0v) is 13.0. The monoisotopic (exact) mass is 327 g/mol. The lowest BCUT2D eigenvalue weighted by molar-refractivity contribution is -0.385. The molecule has 0 spiro atoms. The number of benzene rings is 1. The molecule has 7 nitrogen and oxygen atoms in total. The molecule has 1 unspecified atom stereocenters. The van der Waals surface area contributed by atoms with Gasteiger partial charge in [-0.3, -0.25) is 15.1 Å².